The first kappa shape index (κ1) is 24.9. The molecule has 1 aromatic heterocycles. The summed E-state index contributed by atoms with van der Waals surface area (Å²) in [6.45, 7) is 1.87. The van der Waals surface area contributed by atoms with Crippen LogP contribution in [-0.2, 0) is 4.79 Å². The van der Waals surface area contributed by atoms with Crippen molar-refractivity contribution in [1.82, 2.24) is 20.2 Å². The van der Waals surface area contributed by atoms with Crippen molar-refractivity contribution in [3.05, 3.63) is 114 Å². The van der Waals surface area contributed by atoms with E-state index < -0.39 is 5.97 Å². The molecule has 38 heavy (non-hydrogen) atoms. The smallest absolute Gasteiger partial charge is 0.344 e. The molecule has 0 spiro atoms. The lowest BCUT2D eigenvalue weighted by Gasteiger charge is -2.08. The first-order valence-electron chi connectivity index (χ1n) is 11.8. The fraction of sp³-hybridized carbons (Fsp3) is 0.0690. The molecule has 0 saturated carbocycles. The van der Waals surface area contributed by atoms with Gasteiger partial charge >= 0.3 is 5.97 Å². The number of carbonyl (C=O) groups excluding carboxylic acids is 2. The lowest BCUT2D eigenvalue weighted by Crippen LogP contribution is -2.20. The molecule has 0 unspecified atom stereocenters. The predicted molar refractivity (Wildman–Crippen MR) is 148 cm³/mol. The van der Waals surface area contributed by atoms with E-state index in [9.17, 15) is 9.59 Å². The van der Waals surface area contributed by atoms with Crippen LogP contribution in [0.3, 0.4) is 0 Å². The van der Waals surface area contributed by atoms with Gasteiger partial charge in [-0.25, -0.2) is 10.2 Å². The largest absolute Gasteiger partial charge is 0.423 e. The minimum absolute atomic E-state index is 0.130. The van der Waals surface area contributed by atoms with Gasteiger partial charge in [-0.3, -0.25) is 9.36 Å². The van der Waals surface area contributed by atoms with Crippen LogP contribution in [0.1, 0.15) is 21.7 Å². The summed E-state index contributed by atoms with van der Waals surface area (Å²) in [4.78, 5) is 25.0. The number of esters is 1. The molecular weight excluding hydrogens is 498 g/mol. The van der Waals surface area contributed by atoms with E-state index in [4.69, 9.17) is 4.74 Å². The van der Waals surface area contributed by atoms with Gasteiger partial charge in [0.05, 0.1) is 17.5 Å². The summed E-state index contributed by atoms with van der Waals surface area (Å²) >= 11 is 1.28. The Labute approximate surface area is 223 Å². The summed E-state index contributed by atoms with van der Waals surface area (Å²) in [5, 5.41) is 14.8. The highest BCUT2D eigenvalue weighted by Crippen LogP contribution is 2.22. The van der Waals surface area contributed by atoms with Crippen LogP contribution in [0.15, 0.2) is 107 Å². The Hall–Kier alpha value is -4.76. The summed E-state index contributed by atoms with van der Waals surface area (Å²) in [6, 6.07) is 29.8. The molecule has 1 N–H and O–H groups in total. The number of para-hydroxylation sites is 1. The van der Waals surface area contributed by atoms with E-state index in [1.54, 1.807) is 30.3 Å². The topological polar surface area (TPSA) is 98.5 Å². The van der Waals surface area contributed by atoms with Crippen LogP contribution in [0.25, 0.3) is 16.5 Å². The number of ether oxygens (including phenoxy) is 1. The van der Waals surface area contributed by atoms with E-state index >= 15 is 0 Å². The average molecular weight is 522 g/mol. The Morgan fingerprint density at radius 1 is 0.921 bits per heavy atom. The van der Waals surface area contributed by atoms with Crippen LogP contribution in [0.2, 0.25) is 0 Å². The maximum Gasteiger partial charge on any atom is 0.344 e. The Morgan fingerprint density at radius 2 is 1.66 bits per heavy atom. The van der Waals surface area contributed by atoms with Crippen molar-refractivity contribution in [3.8, 4) is 11.4 Å². The second-order valence-electron chi connectivity index (χ2n) is 8.27. The second kappa shape index (κ2) is 11.5. The molecule has 0 fully saturated rings. The average Bonchev–Trinajstić information content (AvgIpc) is 3.33. The number of nitrogens with zero attached hydrogens (tertiary/aromatic N) is 4. The number of rotatable bonds is 8. The zero-order chi connectivity index (χ0) is 26.3. The molecule has 9 heteroatoms. The number of hydrazone groups is 1. The summed E-state index contributed by atoms with van der Waals surface area (Å²) < 4.78 is 7.45. The van der Waals surface area contributed by atoms with Gasteiger partial charge in [-0.05, 0) is 65.7 Å². The van der Waals surface area contributed by atoms with E-state index in [0.717, 1.165) is 27.8 Å². The van der Waals surface area contributed by atoms with Crippen molar-refractivity contribution >= 4 is 40.6 Å². The highest BCUT2D eigenvalue weighted by atomic mass is 32.2. The molecule has 5 aromatic rings. The summed E-state index contributed by atoms with van der Waals surface area (Å²) in [5.41, 5.74) is 4.70. The number of thioether (sulfide) groups is 1. The summed E-state index contributed by atoms with van der Waals surface area (Å²) in [6.07, 6.45) is 1.52. The van der Waals surface area contributed by atoms with Crippen LogP contribution in [-0.4, -0.2) is 38.6 Å². The van der Waals surface area contributed by atoms with Crippen LogP contribution in [0.5, 0.6) is 5.75 Å². The Balaban J connectivity index is 1.14. The first-order valence-corrected chi connectivity index (χ1v) is 12.8. The highest BCUT2D eigenvalue weighted by molar-refractivity contribution is 7.99. The quantitative estimate of drug-likeness (QED) is 0.0992. The van der Waals surface area contributed by atoms with Gasteiger partial charge in [-0.15, -0.1) is 10.2 Å². The number of carbonyl (C=O) groups is 2. The predicted octanol–water partition coefficient (Wildman–Crippen LogP) is 5.19. The maximum atomic E-state index is 12.7. The normalized spacial score (nSPS) is 11.1. The van der Waals surface area contributed by atoms with Crippen LogP contribution in [0, 0.1) is 6.92 Å². The lowest BCUT2D eigenvalue weighted by atomic mass is 10.0. The van der Waals surface area contributed by atoms with E-state index in [1.165, 1.54) is 18.0 Å². The Kier molecular flexibility index (Phi) is 7.56. The van der Waals surface area contributed by atoms with Crippen molar-refractivity contribution in [2.45, 2.75) is 12.1 Å². The van der Waals surface area contributed by atoms with Gasteiger partial charge in [0.15, 0.2) is 5.16 Å². The molecule has 0 radical (unpaired) electrons. The number of amides is 1. The third-order valence-electron chi connectivity index (χ3n) is 5.64. The van der Waals surface area contributed by atoms with E-state index in [0.29, 0.717) is 16.5 Å². The van der Waals surface area contributed by atoms with Crippen LogP contribution < -0.4 is 10.2 Å². The van der Waals surface area contributed by atoms with Crippen molar-refractivity contribution in [3.63, 3.8) is 0 Å². The molecule has 0 aliphatic carbocycles. The van der Waals surface area contributed by atoms with Gasteiger partial charge in [-0.1, -0.05) is 66.4 Å². The van der Waals surface area contributed by atoms with Gasteiger partial charge in [-0.2, -0.15) is 5.10 Å². The van der Waals surface area contributed by atoms with E-state index in [1.807, 2.05) is 78.2 Å². The summed E-state index contributed by atoms with van der Waals surface area (Å²) in [5.74, 6) is 0.589. The van der Waals surface area contributed by atoms with E-state index in [2.05, 4.69) is 20.7 Å². The monoisotopic (exact) mass is 521 g/mol. The molecule has 8 nitrogen and oxygen atoms in total. The molecule has 188 valence electrons. The molecule has 0 bridgehead atoms. The number of benzene rings is 4. The first-order chi connectivity index (χ1) is 18.6. The lowest BCUT2D eigenvalue weighted by molar-refractivity contribution is -0.118. The number of hydrogen-bond acceptors (Lipinski definition) is 7. The number of aromatic nitrogens is 3. The van der Waals surface area contributed by atoms with Crippen molar-refractivity contribution in [2.75, 3.05) is 5.75 Å². The molecule has 5 rings (SSSR count). The minimum Gasteiger partial charge on any atom is -0.423 e. The number of aryl methyl sites for hydroxylation is 1. The maximum absolute atomic E-state index is 12.7. The van der Waals surface area contributed by atoms with Crippen molar-refractivity contribution < 1.29 is 14.3 Å². The zero-order valence-electron chi connectivity index (χ0n) is 20.4. The summed E-state index contributed by atoms with van der Waals surface area (Å²) in [7, 11) is 0. The SMILES string of the molecule is Cc1nnc(SCC(=O)N/N=C\c2ccc(OC(=O)c3cccc4ccccc34)cc2)n1-c1ccccc1. The van der Waals surface area contributed by atoms with Gasteiger partial charge in [0.1, 0.15) is 11.6 Å². The fourth-order valence-electron chi connectivity index (χ4n) is 3.84. The number of fused-ring (bicyclic) bond motifs is 1. The molecule has 0 aliphatic rings. The minimum atomic E-state index is -0.425. The van der Waals surface area contributed by atoms with Gasteiger partial charge in [0.25, 0.3) is 5.91 Å². The van der Waals surface area contributed by atoms with Gasteiger partial charge in [0, 0.05) is 5.69 Å². The van der Waals surface area contributed by atoms with Crippen LogP contribution in [0.4, 0.5) is 0 Å². The number of nitrogens with one attached hydrogen (secondary N) is 1. The number of hydrogen-bond donors (Lipinski definition) is 1. The third-order valence-corrected chi connectivity index (χ3v) is 6.57. The van der Waals surface area contributed by atoms with Gasteiger partial charge in [0.2, 0.25) is 0 Å². The standard InChI is InChI=1S/C29H23N5O3S/c1-20-31-33-29(34(20)23-10-3-2-4-11-23)38-19-27(35)32-30-18-21-14-16-24(17-15-21)37-28(36)26-13-7-9-22-8-5-6-12-25(22)26/h2-18H,19H2,1H3,(H,32,35)/b30-18-. The Morgan fingerprint density at radius 3 is 2.47 bits per heavy atom. The molecule has 0 saturated heterocycles. The molecule has 1 amide bonds. The zero-order valence-corrected chi connectivity index (χ0v) is 21.3. The molecule has 0 aliphatic heterocycles. The Bertz CT molecular complexity index is 1610. The van der Waals surface area contributed by atoms with Crippen molar-refractivity contribution in [1.29, 1.82) is 0 Å². The fourth-order valence-corrected chi connectivity index (χ4v) is 4.63. The molecule has 1 heterocycles. The van der Waals surface area contributed by atoms with Gasteiger partial charge < -0.3 is 4.74 Å². The van der Waals surface area contributed by atoms with E-state index in [-0.39, 0.29) is 11.7 Å². The molecular formula is C29H23N5O3S. The molecule has 4 aromatic carbocycles. The highest BCUT2D eigenvalue weighted by Gasteiger charge is 2.14. The van der Waals surface area contributed by atoms with Crippen LogP contribution >= 0.6 is 11.8 Å². The second-order valence-corrected chi connectivity index (χ2v) is 9.21. The van der Waals surface area contributed by atoms with Crippen molar-refractivity contribution in [2.24, 2.45) is 5.10 Å². The third kappa shape index (κ3) is 5.79. The molecule has 0 atom stereocenters.